The zero-order chi connectivity index (χ0) is 14.2. The van der Waals surface area contributed by atoms with Crippen molar-refractivity contribution in [3.05, 3.63) is 68.4 Å². The van der Waals surface area contributed by atoms with Crippen LogP contribution in [0.25, 0.3) is 0 Å². The van der Waals surface area contributed by atoms with Crippen LogP contribution >= 0.6 is 15.9 Å². The molecule has 3 heteroatoms. The third-order valence-electron chi connectivity index (χ3n) is 3.29. The third-order valence-corrected chi connectivity index (χ3v) is 4.15. The van der Waals surface area contributed by atoms with Gasteiger partial charge in [0.2, 0.25) is 0 Å². The summed E-state index contributed by atoms with van der Waals surface area (Å²) < 4.78 is 14.9. The van der Waals surface area contributed by atoms with E-state index in [1.54, 1.807) is 6.07 Å². The van der Waals surface area contributed by atoms with E-state index in [0.29, 0.717) is 5.56 Å². The van der Waals surface area contributed by atoms with Crippen molar-refractivity contribution in [1.29, 1.82) is 0 Å². The summed E-state index contributed by atoms with van der Waals surface area (Å²) in [7, 11) is 0. The van der Waals surface area contributed by atoms with Crippen LogP contribution in [0.1, 0.15) is 33.9 Å². The van der Waals surface area contributed by atoms with Gasteiger partial charge in [0.25, 0.3) is 0 Å². The molecule has 2 rings (SSSR count). The molecule has 0 spiro atoms. The maximum absolute atomic E-state index is 13.9. The predicted molar refractivity (Wildman–Crippen MR) is 78.8 cm³/mol. The number of hydrogen-bond donors (Lipinski definition) is 1. The highest BCUT2D eigenvalue weighted by Crippen LogP contribution is 2.30. The number of halogens is 2. The molecule has 2 aromatic rings. The molecule has 2 aromatic carbocycles. The van der Waals surface area contributed by atoms with Gasteiger partial charge in [0.1, 0.15) is 11.9 Å². The van der Waals surface area contributed by atoms with Crippen LogP contribution in [0.3, 0.4) is 0 Å². The Hall–Kier alpha value is -1.19. The minimum atomic E-state index is -0.938. The molecule has 0 aliphatic carbocycles. The molecule has 0 saturated carbocycles. The Morgan fingerprint density at radius 3 is 2.32 bits per heavy atom. The molecule has 1 unspecified atom stereocenters. The smallest absolute Gasteiger partial charge is 0.129 e. The second kappa shape index (κ2) is 5.43. The first-order valence-electron chi connectivity index (χ1n) is 6.11. The number of hydrogen-bond acceptors (Lipinski definition) is 1. The van der Waals surface area contributed by atoms with Crippen molar-refractivity contribution in [3.63, 3.8) is 0 Å². The quantitative estimate of drug-likeness (QED) is 0.857. The molecule has 19 heavy (non-hydrogen) atoms. The van der Waals surface area contributed by atoms with Gasteiger partial charge in [0.15, 0.2) is 0 Å². The van der Waals surface area contributed by atoms with Gasteiger partial charge in [-0.2, -0.15) is 0 Å². The lowest BCUT2D eigenvalue weighted by Crippen LogP contribution is -2.05. The molecule has 1 N–H and O–H groups in total. The topological polar surface area (TPSA) is 20.2 Å². The van der Waals surface area contributed by atoms with Crippen molar-refractivity contribution in [3.8, 4) is 0 Å². The first kappa shape index (κ1) is 14.2. The van der Waals surface area contributed by atoms with E-state index in [2.05, 4.69) is 15.9 Å². The Bertz CT molecular complexity index is 622. The highest BCUT2D eigenvalue weighted by molar-refractivity contribution is 9.10. The molecule has 0 aromatic heterocycles. The van der Waals surface area contributed by atoms with E-state index in [4.69, 9.17) is 0 Å². The molecule has 0 aliphatic rings. The van der Waals surface area contributed by atoms with Crippen LogP contribution in [0.15, 0.2) is 34.8 Å². The molecule has 0 fully saturated rings. The molecule has 0 heterocycles. The van der Waals surface area contributed by atoms with E-state index in [1.165, 1.54) is 6.07 Å². The van der Waals surface area contributed by atoms with Gasteiger partial charge < -0.3 is 5.11 Å². The van der Waals surface area contributed by atoms with E-state index in [9.17, 15) is 9.50 Å². The van der Waals surface area contributed by atoms with Crippen LogP contribution in [0.2, 0.25) is 0 Å². The SMILES string of the molecule is Cc1ccc(C(O)c2cc(C)c(Br)cc2C)c(F)c1. The van der Waals surface area contributed by atoms with E-state index in [1.807, 2.05) is 39.0 Å². The zero-order valence-electron chi connectivity index (χ0n) is 11.2. The zero-order valence-corrected chi connectivity index (χ0v) is 12.8. The number of aliphatic hydroxyl groups excluding tert-OH is 1. The summed E-state index contributed by atoms with van der Waals surface area (Å²) in [6, 6.07) is 8.73. The fraction of sp³-hybridized carbons (Fsp3) is 0.250. The van der Waals surface area contributed by atoms with Gasteiger partial charge in [-0.3, -0.25) is 0 Å². The maximum Gasteiger partial charge on any atom is 0.129 e. The van der Waals surface area contributed by atoms with Crippen LogP contribution in [0, 0.1) is 26.6 Å². The van der Waals surface area contributed by atoms with Crippen molar-refractivity contribution < 1.29 is 9.50 Å². The molecule has 0 bridgehead atoms. The Morgan fingerprint density at radius 1 is 1.00 bits per heavy atom. The molecule has 100 valence electrons. The molecule has 1 nitrogen and oxygen atoms in total. The van der Waals surface area contributed by atoms with E-state index in [-0.39, 0.29) is 5.82 Å². The lowest BCUT2D eigenvalue weighted by atomic mass is 9.95. The average Bonchev–Trinajstić information content (AvgIpc) is 2.33. The van der Waals surface area contributed by atoms with Gasteiger partial charge >= 0.3 is 0 Å². The summed E-state index contributed by atoms with van der Waals surface area (Å²) in [6.45, 7) is 5.69. The van der Waals surface area contributed by atoms with Crippen molar-refractivity contribution in [2.75, 3.05) is 0 Å². The van der Waals surface area contributed by atoms with Crippen LogP contribution in [0.4, 0.5) is 4.39 Å². The van der Waals surface area contributed by atoms with E-state index < -0.39 is 6.10 Å². The normalized spacial score (nSPS) is 12.5. The predicted octanol–water partition coefficient (Wildman–Crippen LogP) is 4.60. The lowest BCUT2D eigenvalue weighted by molar-refractivity contribution is 0.214. The Labute approximate surface area is 121 Å². The van der Waals surface area contributed by atoms with Crippen molar-refractivity contribution >= 4 is 15.9 Å². The van der Waals surface area contributed by atoms with Crippen LogP contribution in [0.5, 0.6) is 0 Å². The summed E-state index contributed by atoms with van der Waals surface area (Å²) in [4.78, 5) is 0. The second-order valence-corrected chi connectivity index (χ2v) is 5.74. The molecule has 0 amide bonds. The Morgan fingerprint density at radius 2 is 1.68 bits per heavy atom. The Balaban J connectivity index is 2.49. The largest absolute Gasteiger partial charge is 0.384 e. The minimum absolute atomic E-state index is 0.315. The highest BCUT2D eigenvalue weighted by atomic mass is 79.9. The summed E-state index contributed by atoms with van der Waals surface area (Å²) in [6.07, 6.45) is -0.938. The summed E-state index contributed by atoms with van der Waals surface area (Å²) >= 11 is 3.45. The van der Waals surface area contributed by atoms with Gasteiger partial charge in [0, 0.05) is 10.0 Å². The standard InChI is InChI=1S/C16H16BrFO/c1-9-4-5-12(15(18)6-9)16(19)13-7-11(3)14(17)8-10(13)2/h4-8,16,19H,1-3H3. The van der Waals surface area contributed by atoms with Crippen molar-refractivity contribution in [2.45, 2.75) is 26.9 Å². The highest BCUT2D eigenvalue weighted by Gasteiger charge is 2.17. The van der Waals surface area contributed by atoms with Crippen molar-refractivity contribution in [1.82, 2.24) is 0 Å². The van der Waals surface area contributed by atoms with Crippen molar-refractivity contribution in [2.24, 2.45) is 0 Å². The molecule has 0 radical (unpaired) electrons. The fourth-order valence-corrected chi connectivity index (χ4v) is 2.58. The molecular weight excluding hydrogens is 307 g/mol. The lowest BCUT2D eigenvalue weighted by Gasteiger charge is -2.17. The van der Waals surface area contributed by atoms with E-state index >= 15 is 0 Å². The summed E-state index contributed by atoms with van der Waals surface area (Å²) in [5.74, 6) is -0.368. The maximum atomic E-state index is 13.9. The van der Waals surface area contributed by atoms with Crippen LogP contribution < -0.4 is 0 Å². The average molecular weight is 323 g/mol. The third kappa shape index (κ3) is 2.88. The van der Waals surface area contributed by atoms with Gasteiger partial charge in [0.05, 0.1) is 0 Å². The molecule has 0 saturated heterocycles. The molecule has 1 atom stereocenters. The van der Waals surface area contributed by atoms with E-state index in [0.717, 1.165) is 26.7 Å². The van der Waals surface area contributed by atoms with Crippen LogP contribution in [-0.4, -0.2) is 5.11 Å². The molecular formula is C16H16BrFO. The Kier molecular flexibility index (Phi) is 4.07. The van der Waals surface area contributed by atoms with Gasteiger partial charge in [-0.05, 0) is 55.2 Å². The van der Waals surface area contributed by atoms with Gasteiger partial charge in [-0.1, -0.05) is 34.1 Å². The fourth-order valence-electron chi connectivity index (χ4n) is 2.12. The molecule has 0 aliphatic heterocycles. The first-order valence-corrected chi connectivity index (χ1v) is 6.90. The number of aryl methyl sites for hydroxylation is 3. The summed E-state index contributed by atoms with van der Waals surface area (Å²) in [5.41, 5.74) is 3.85. The monoisotopic (exact) mass is 322 g/mol. The minimum Gasteiger partial charge on any atom is -0.384 e. The second-order valence-electron chi connectivity index (χ2n) is 4.89. The number of benzene rings is 2. The van der Waals surface area contributed by atoms with Gasteiger partial charge in [-0.15, -0.1) is 0 Å². The number of aliphatic hydroxyl groups is 1. The van der Waals surface area contributed by atoms with Gasteiger partial charge in [-0.25, -0.2) is 4.39 Å². The summed E-state index contributed by atoms with van der Waals surface area (Å²) in [5, 5.41) is 10.4. The number of rotatable bonds is 2. The first-order chi connectivity index (χ1) is 8.90. The van der Waals surface area contributed by atoms with Crippen LogP contribution in [-0.2, 0) is 0 Å².